The summed E-state index contributed by atoms with van der Waals surface area (Å²) in [6.45, 7) is 8.91. The quantitative estimate of drug-likeness (QED) is 0.137. The number of nitrogens with zero attached hydrogens (tertiary/aromatic N) is 3. The number of halogens is 1. The Hall–Kier alpha value is -3.82. The van der Waals surface area contributed by atoms with E-state index in [-0.39, 0.29) is 13.2 Å². The summed E-state index contributed by atoms with van der Waals surface area (Å²) >= 11 is 0. The largest absolute Gasteiger partial charge is 0.463 e. The monoisotopic (exact) mass is 683 g/mol. The van der Waals surface area contributed by atoms with Gasteiger partial charge in [-0.1, -0.05) is 68.4 Å². The maximum absolute atomic E-state index is 14.2. The molecule has 12 nitrogen and oxygen atoms in total. The molecule has 14 heteroatoms. The molecule has 2 saturated heterocycles. The number of hydrogen-bond donors (Lipinski definition) is 0. The second-order valence-corrected chi connectivity index (χ2v) is 16.6. The first-order valence-corrected chi connectivity index (χ1v) is 18.9. The van der Waals surface area contributed by atoms with Crippen LogP contribution in [0.2, 0.25) is 18.1 Å². The summed E-state index contributed by atoms with van der Waals surface area (Å²) in [7, 11) is -2.51. The van der Waals surface area contributed by atoms with Crippen molar-refractivity contribution in [3.05, 3.63) is 72.2 Å². The van der Waals surface area contributed by atoms with Crippen molar-refractivity contribution in [2.75, 3.05) is 13.2 Å². The summed E-state index contributed by atoms with van der Waals surface area (Å²) in [5.74, 6) is -3.08. The molecule has 2 aromatic carbocycles. The van der Waals surface area contributed by atoms with Crippen LogP contribution in [0, 0.1) is 5.82 Å². The number of carbonyl (C=O) groups excluding carboxylic acids is 3. The summed E-state index contributed by atoms with van der Waals surface area (Å²) < 4.78 is 52.4. The average Bonchev–Trinajstić information content (AvgIpc) is 3.59. The van der Waals surface area contributed by atoms with Gasteiger partial charge in [0.2, 0.25) is 0 Å². The van der Waals surface area contributed by atoms with Crippen molar-refractivity contribution in [3.8, 4) is 11.3 Å². The van der Waals surface area contributed by atoms with Crippen LogP contribution in [0.15, 0.2) is 60.8 Å². The van der Waals surface area contributed by atoms with E-state index in [0.717, 1.165) is 30.6 Å². The molecule has 258 valence electrons. The minimum Gasteiger partial charge on any atom is -0.463 e. The number of hydrogen-bond acceptors (Lipinski definition) is 11. The van der Waals surface area contributed by atoms with Crippen molar-refractivity contribution in [3.63, 3.8) is 0 Å². The van der Waals surface area contributed by atoms with Crippen molar-refractivity contribution in [2.24, 2.45) is 0 Å². The zero-order chi connectivity index (χ0) is 34.4. The Labute approximate surface area is 279 Å². The van der Waals surface area contributed by atoms with Crippen LogP contribution in [-0.4, -0.2) is 84.8 Å². The number of ketones is 1. The van der Waals surface area contributed by atoms with E-state index in [2.05, 4.69) is 31.1 Å². The van der Waals surface area contributed by atoms with Gasteiger partial charge >= 0.3 is 11.9 Å². The fraction of sp³-hybridized carbons (Fsp3) is 0.500. The Bertz CT molecular complexity index is 1560. The van der Waals surface area contributed by atoms with E-state index in [1.54, 1.807) is 29.9 Å². The number of Topliss-reactive ketones (excluding diaryl/α,β-unsaturated/α-hetero) is 1. The van der Waals surface area contributed by atoms with Crippen LogP contribution in [0.1, 0.15) is 52.5 Å². The van der Waals surface area contributed by atoms with Gasteiger partial charge in [0, 0.05) is 11.1 Å². The van der Waals surface area contributed by atoms with Gasteiger partial charge in [-0.3, -0.25) is 4.79 Å². The molecule has 2 unspecified atom stereocenters. The van der Waals surface area contributed by atoms with Crippen molar-refractivity contribution >= 4 is 26.0 Å². The molecule has 1 aromatic heterocycles. The summed E-state index contributed by atoms with van der Waals surface area (Å²) in [6.07, 6.45) is -4.91. The molecule has 0 radical (unpaired) electrons. The molecule has 7 atom stereocenters. The Morgan fingerprint density at radius 2 is 1.75 bits per heavy atom. The van der Waals surface area contributed by atoms with Crippen molar-refractivity contribution in [1.29, 1.82) is 0 Å². The van der Waals surface area contributed by atoms with Crippen LogP contribution in [-0.2, 0) is 42.5 Å². The number of rotatable bonds is 13. The molecule has 0 bridgehead atoms. The molecule has 3 aromatic rings. The first-order valence-electron chi connectivity index (χ1n) is 16.3. The van der Waals surface area contributed by atoms with Gasteiger partial charge < -0.3 is 28.1 Å². The maximum Gasteiger partial charge on any atom is 0.355 e. The summed E-state index contributed by atoms with van der Waals surface area (Å²) in [6, 6.07) is 16.8. The highest BCUT2D eigenvalue weighted by Gasteiger charge is 2.56. The molecule has 0 aliphatic carbocycles. The number of benzene rings is 2. The van der Waals surface area contributed by atoms with Crippen LogP contribution < -0.4 is 0 Å². The fourth-order valence-electron chi connectivity index (χ4n) is 6.19. The molecule has 0 saturated carbocycles. The molecule has 5 rings (SSSR count). The third-order valence-electron chi connectivity index (χ3n) is 9.02. The van der Waals surface area contributed by atoms with E-state index in [1.807, 2.05) is 30.3 Å². The summed E-state index contributed by atoms with van der Waals surface area (Å²) in [5.41, 5.74) is 1.68. The molecule has 0 amide bonds. The molecule has 0 N–H and O–H groups in total. The second-order valence-electron chi connectivity index (χ2n) is 11.9. The number of esters is 2. The zero-order valence-corrected chi connectivity index (χ0v) is 28.7. The predicted molar refractivity (Wildman–Crippen MR) is 172 cm³/mol. The number of aromatic nitrogens is 3. The lowest BCUT2D eigenvalue weighted by atomic mass is 9.91. The zero-order valence-electron chi connectivity index (χ0n) is 27.7. The van der Waals surface area contributed by atoms with Gasteiger partial charge in [0.25, 0.3) is 6.10 Å². The number of carbonyl (C=O) groups is 3. The summed E-state index contributed by atoms with van der Waals surface area (Å²) in [5, 5.41) is 8.80. The van der Waals surface area contributed by atoms with E-state index in [9.17, 15) is 18.8 Å². The molecule has 2 aliphatic rings. The van der Waals surface area contributed by atoms with Gasteiger partial charge in [0.15, 0.2) is 26.5 Å². The van der Waals surface area contributed by atoms with Gasteiger partial charge in [0.1, 0.15) is 35.9 Å². The minimum absolute atomic E-state index is 0.00746. The van der Waals surface area contributed by atoms with Gasteiger partial charge in [-0.15, -0.1) is 5.10 Å². The van der Waals surface area contributed by atoms with Crippen molar-refractivity contribution < 1.29 is 46.9 Å². The van der Waals surface area contributed by atoms with Crippen LogP contribution in [0.25, 0.3) is 11.3 Å². The fourth-order valence-corrected chi connectivity index (χ4v) is 9.03. The lowest BCUT2D eigenvalue weighted by Crippen LogP contribution is -2.64. The topological polar surface area (TPSA) is 137 Å². The molecular weight excluding hydrogens is 641 g/mol. The van der Waals surface area contributed by atoms with Crippen LogP contribution >= 0.6 is 0 Å². The number of ether oxygens (including phenoxy) is 5. The van der Waals surface area contributed by atoms with E-state index in [0.29, 0.717) is 11.3 Å². The van der Waals surface area contributed by atoms with Gasteiger partial charge in [-0.2, -0.15) is 0 Å². The highest BCUT2D eigenvalue weighted by atomic mass is 28.4. The Kier molecular flexibility index (Phi) is 11.5. The number of fused-ring (bicyclic) bond motifs is 1. The highest BCUT2D eigenvalue weighted by Crippen LogP contribution is 2.43. The molecule has 0 spiro atoms. The lowest BCUT2D eigenvalue weighted by Gasteiger charge is -2.50. The Morgan fingerprint density at radius 1 is 1.02 bits per heavy atom. The van der Waals surface area contributed by atoms with E-state index in [4.69, 9.17) is 28.1 Å². The Morgan fingerprint density at radius 3 is 2.40 bits per heavy atom. The third-order valence-corrected chi connectivity index (χ3v) is 13.7. The summed E-state index contributed by atoms with van der Waals surface area (Å²) in [4.78, 5) is 39.1. The molecule has 3 heterocycles. The molecule has 48 heavy (non-hydrogen) atoms. The molecular formula is C34H42FN3O9Si. The SMILES string of the molecule is CCOC(=O)C(OC(=O)[C@@H]1O[C@@H]2COC(c3ccccc3)O[C@@H]2[C@H](n2cc(-c3cccc(F)c3)nn2)[C@H]1O[Si](CC)(CC)CC)C(C)=O. The predicted octanol–water partition coefficient (Wildman–Crippen LogP) is 4.96. The van der Waals surface area contributed by atoms with Crippen molar-refractivity contribution in [2.45, 2.75) is 95.6 Å². The second kappa shape index (κ2) is 15.6. The first kappa shape index (κ1) is 35.5. The molecule has 2 fully saturated rings. The average molecular weight is 684 g/mol. The van der Waals surface area contributed by atoms with E-state index in [1.165, 1.54) is 12.1 Å². The molecule has 2 aliphatic heterocycles. The maximum atomic E-state index is 14.2. The van der Waals surface area contributed by atoms with E-state index >= 15 is 0 Å². The Balaban J connectivity index is 1.60. The highest BCUT2D eigenvalue weighted by molar-refractivity contribution is 6.73. The first-order chi connectivity index (χ1) is 23.1. The van der Waals surface area contributed by atoms with Crippen LogP contribution in [0.3, 0.4) is 0 Å². The lowest BCUT2D eigenvalue weighted by molar-refractivity contribution is -0.313. The normalized spacial score (nSPS) is 24.7. The van der Waals surface area contributed by atoms with Gasteiger partial charge in [-0.25, -0.2) is 18.7 Å². The van der Waals surface area contributed by atoms with Crippen LogP contribution in [0.4, 0.5) is 4.39 Å². The van der Waals surface area contributed by atoms with Crippen molar-refractivity contribution in [1.82, 2.24) is 15.0 Å². The van der Waals surface area contributed by atoms with Crippen LogP contribution in [0.5, 0.6) is 0 Å². The minimum atomic E-state index is -2.51. The standard InChI is InChI=1S/C34H42FN3O9Si/c1-6-42-32(40)28(21(5)39)45-33(41)31-30(47-48(7-2,8-3)9-4)27(38-19-25(36-37-38)23-16-13-17-24(35)18-23)29-26(44-31)20-43-34(46-29)22-14-11-10-12-15-22/h10-19,26-31,34H,6-9,20H2,1-5H3/t26-,27+,28?,29+,30-,31-,34?/m1/s1. The third kappa shape index (κ3) is 7.57. The smallest absolute Gasteiger partial charge is 0.355 e. The van der Waals surface area contributed by atoms with E-state index < -0.39 is 74.7 Å². The van der Waals surface area contributed by atoms with Gasteiger partial charge in [0.05, 0.1) is 19.4 Å². The van der Waals surface area contributed by atoms with Gasteiger partial charge in [-0.05, 0) is 44.1 Å².